The van der Waals surface area contributed by atoms with E-state index in [1.54, 1.807) is 26.0 Å². The third-order valence-corrected chi connectivity index (χ3v) is 5.12. The number of hydrogen-bond donors (Lipinski definition) is 2. The van der Waals surface area contributed by atoms with Crippen LogP contribution in [0.25, 0.3) is 0 Å². The van der Waals surface area contributed by atoms with Crippen molar-refractivity contribution < 1.29 is 8.42 Å². The molecular weight excluding hydrogens is 272 g/mol. The minimum Gasteiger partial charge on any atom is -0.382 e. The first-order valence-electron chi connectivity index (χ1n) is 7.15. The summed E-state index contributed by atoms with van der Waals surface area (Å²) in [6.45, 7) is 10.1. The second kappa shape index (κ2) is 7.09. The van der Waals surface area contributed by atoms with Crippen molar-refractivity contribution in [3.8, 4) is 0 Å². The number of rotatable bonds is 7. The molecule has 5 heteroatoms. The molecule has 2 unspecified atom stereocenters. The molecule has 0 saturated carbocycles. The number of nitrogens with one attached hydrogen (secondary N) is 2. The summed E-state index contributed by atoms with van der Waals surface area (Å²) in [5, 5.41) is 3.40. The smallest absolute Gasteiger partial charge is 0.240 e. The van der Waals surface area contributed by atoms with Crippen LogP contribution in [0.2, 0.25) is 0 Å². The van der Waals surface area contributed by atoms with Gasteiger partial charge in [0.2, 0.25) is 10.0 Å². The Hall–Kier alpha value is -1.07. The Balaban J connectivity index is 2.79. The van der Waals surface area contributed by atoms with Crippen molar-refractivity contribution in [2.75, 3.05) is 5.32 Å². The third-order valence-electron chi connectivity index (χ3n) is 3.45. The first kappa shape index (κ1) is 17.0. The van der Waals surface area contributed by atoms with E-state index in [0.29, 0.717) is 16.9 Å². The highest BCUT2D eigenvalue weighted by atomic mass is 32.2. The Labute approximate surface area is 123 Å². The largest absolute Gasteiger partial charge is 0.382 e. The molecule has 0 amide bonds. The Morgan fingerprint density at radius 2 is 1.60 bits per heavy atom. The summed E-state index contributed by atoms with van der Waals surface area (Å²) in [7, 11) is -3.40. The minimum absolute atomic E-state index is 0.108. The Morgan fingerprint density at radius 3 is 2.05 bits per heavy atom. The molecule has 0 heterocycles. The first-order valence-corrected chi connectivity index (χ1v) is 8.63. The van der Waals surface area contributed by atoms with Gasteiger partial charge in [0.1, 0.15) is 0 Å². The van der Waals surface area contributed by atoms with Gasteiger partial charge < -0.3 is 5.32 Å². The summed E-state index contributed by atoms with van der Waals surface area (Å²) in [6.07, 6.45) is 1.11. The van der Waals surface area contributed by atoms with Gasteiger partial charge in [0, 0.05) is 17.8 Å². The summed E-state index contributed by atoms with van der Waals surface area (Å²) in [5.41, 5.74) is 0.946. The minimum atomic E-state index is -3.40. The molecule has 0 aliphatic heterocycles. The van der Waals surface area contributed by atoms with Crippen LogP contribution in [0, 0.1) is 5.92 Å². The van der Waals surface area contributed by atoms with Crippen LogP contribution in [0.15, 0.2) is 29.2 Å². The maximum Gasteiger partial charge on any atom is 0.240 e. The highest BCUT2D eigenvalue weighted by molar-refractivity contribution is 7.89. The van der Waals surface area contributed by atoms with Gasteiger partial charge in [-0.1, -0.05) is 20.3 Å². The summed E-state index contributed by atoms with van der Waals surface area (Å²) < 4.78 is 26.6. The average molecular weight is 298 g/mol. The number of sulfonamides is 1. The van der Waals surface area contributed by atoms with E-state index in [-0.39, 0.29) is 6.04 Å². The molecule has 1 aromatic rings. The van der Waals surface area contributed by atoms with E-state index in [4.69, 9.17) is 0 Å². The third kappa shape index (κ3) is 4.80. The molecule has 1 rings (SSSR count). The van der Waals surface area contributed by atoms with Gasteiger partial charge in [0.25, 0.3) is 0 Å². The van der Waals surface area contributed by atoms with Crippen LogP contribution < -0.4 is 10.0 Å². The van der Waals surface area contributed by atoms with Crippen LogP contribution >= 0.6 is 0 Å². The second-order valence-corrected chi connectivity index (χ2v) is 7.33. The van der Waals surface area contributed by atoms with Gasteiger partial charge >= 0.3 is 0 Å². The van der Waals surface area contributed by atoms with Crippen molar-refractivity contribution in [3.05, 3.63) is 24.3 Å². The molecule has 0 spiro atoms. The van der Waals surface area contributed by atoms with Crippen LogP contribution in [0.4, 0.5) is 5.69 Å². The fraction of sp³-hybridized carbons (Fsp3) is 0.600. The summed E-state index contributed by atoms with van der Waals surface area (Å²) in [4.78, 5) is 0.299. The standard InChI is InChI=1S/C15H26N2O2S/c1-6-12(4)13(5)16-14-7-9-15(10-8-14)20(18,19)17-11(2)3/h7-13,16-17H,6H2,1-5H3. The van der Waals surface area contributed by atoms with E-state index in [1.807, 2.05) is 12.1 Å². The quantitative estimate of drug-likeness (QED) is 0.812. The Kier molecular flexibility index (Phi) is 6.02. The van der Waals surface area contributed by atoms with Gasteiger partial charge in [-0.15, -0.1) is 0 Å². The second-order valence-electron chi connectivity index (χ2n) is 5.62. The van der Waals surface area contributed by atoms with E-state index in [2.05, 4.69) is 30.8 Å². The van der Waals surface area contributed by atoms with Crippen LogP contribution in [-0.2, 0) is 10.0 Å². The predicted octanol–water partition coefficient (Wildman–Crippen LogP) is 3.22. The average Bonchev–Trinajstić information content (AvgIpc) is 2.36. The van der Waals surface area contributed by atoms with Crippen LogP contribution in [-0.4, -0.2) is 20.5 Å². The fourth-order valence-corrected chi connectivity index (χ4v) is 3.12. The maximum absolute atomic E-state index is 12.0. The highest BCUT2D eigenvalue weighted by Crippen LogP contribution is 2.18. The molecule has 0 aliphatic carbocycles. The fourth-order valence-electron chi connectivity index (χ4n) is 1.87. The van der Waals surface area contributed by atoms with Crippen LogP contribution in [0.1, 0.15) is 41.0 Å². The van der Waals surface area contributed by atoms with Crippen molar-refractivity contribution in [1.29, 1.82) is 0 Å². The Bertz CT molecular complexity index is 509. The lowest BCUT2D eigenvalue weighted by atomic mass is 10.0. The first-order chi connectivity index (χ1) is 9.26. The lowest BCUT2D eigenvalue weighted by molar-refractivity contribution is 0.494. The van der Waals surface area contributed by atoms with Gasteiger partial charge in [0.15, 0.2) is 0 Å². The summed E-state index contributed by atoms with van der Waals surface area (Å²) >= 11 is 0. The van der Waals surface area contributed by atoms with Crippen molar-refractivity contribution >= 4 is 15.7 Å². The van der Waals surface area contributed by atoms with Gasteiger partial charge in [-0.2, -0.15) is 0 Å². The molecule has 4 nitrogen and oxygen atoms in total. The molecule has 2 N–H and O–H groups in total. The zero-order valence-electron chi connectivity index (χ0n) is 13.0. The molecule has 0 radical (unpaired) electrons. The summed E-state index contributed by atoms with van der Waals surface area (Å²) in [5.74, 6) is 0.570. The predicted molar refractivity (Wildman–Crippen MR) is 84.4 cm³/mol. The number of benzene rings is 1. The van der Waals surface area contributed by atoms with E-state index in [0.717, 1.165) is 12.1 Å². The number of anilines is 1. The Morgan fingerprint density at radius 1 is 1.05 bits per heavy atom. The molecule has 0 fully saturated rings. The monoisotopic (exact) mass is 298 g/mol. The molecule has 0 bridgehead atoms. The van der Waals surface area contributed by atoms with Crippen LogP contribution in [0.3, 0.4) is 0 Å². The lowest BCUT2D eigenvalue weighted by Gasteiger charge is -2.21. The highest BCUT2D eigenvalue weighted by Gasteiger charge is 2.15. The molecule has 20 heavy (non-hydrogen) atoms. The SMILES string of the molecule is CCC(C)C(C)Nc1ccc(S(=O)(=O)NC(C)C)cc1. The van der Waals surface area contributed by atoms with Gasteiger partial charge in [-0.3, -0.25) is 0 Å². The summed E-state index contributed by atoms with van der Waals surface area (Å²) in [6, 6.07) is 7.15. The van der Waals surface area contributed by atoms with Gasteiger partial charge in [-0.25, -0.2) is 13.1 Å². The van der Waals surface area contributed by atoms with E-state index < -0.39 is 10.0 Å². The van der Waals surface area contributed by atoms with Crippen molar-refractivity contribution in [2.24, 2.45) is 5.92 Å². The normalized spacial score (nSPS) is 15.1. The van der Waals surface area contributed by atoms with Crippen LogP contribution in [0.5, 0.6) is 0 Å². The zero-order chi connectivity index (χ0) is 15.3. The molecule has 0 aromatic heterocycles. The molecule has 0 saturated heterocycles. The van der Waals surface area contributed by atoms with E-state index in [1.165, 1.54) is 0 Å². The lowest BCUT2D eigenvalue weighted by Crippen LogP contribution is -2.30. The van der Waals surface area contributed by atoms with E-state index in [9.17, 15) is 8.42 Å². The number of hydrogen-bond acceptors (Lipinski definition) is 3. The van der Waals surface area contributed by atoms with Crippen molar-refractivity contribution in [3.63, 3.8) is 0 Å². The van der Waals surface area contributed by atoms with Gasteiger partial charge in [0.05, 0.1) is 4.90 Å². The van der Waals surface area contributed by atoms with Crippen molar-refractivity contribution in [1.82, 2.24) is 4.72 Å². The van der Waals surface area contributed by atoms with E-state index >= 15 is 0 Å². The van der Waals surface area contributed by atoms with Crippen molar-refractivity contribution in [2.45, 2.75) is 58.0 Å². The molecular formula is C15H26N2O2S. The maximum atomic E-state index is 12.0. The molecule has 1 aromatic carbocycles. The van der Waals surface area contributed by atoms with Gasteiger partial charge in [-0.05, 0) is 51.0 Å². The molecule has 2 atom stereocenters. The molecule has 114 valence electrons. The molecule has 0 aliphatic rings. The topological polar surface area (TPSA) is 58.2 Å². The zero-order valence-corrected chi connectivity index (χ0v) is 13.8.